The smallest absolute Gasteiger partial charge is 0.246 e. The van der Waals surface area contributed by atoms with E-state index in [4.69, 9.17) is 0 Å². The first-order valence-corrected chi connectivity index (χ1v) is 9.96. The molecule has 0 spiro atoms. The van der Waals surface area contributed by atoms with E-state index in [9.17, 15) is 9.59 Å². The molecule has 2 fully saturated rings. The van der Waals surface area contributed by atoms with Crippen molar-refractivity contribution in [1.82, 2.24) is 9.80 Å². The minimum atomic E-state index is 0.0240. The fourth-order valence-corrected chi connectivity index (χ4v) is 4.24. The Kier molecular flexibility index (Phi) is 5.23. The number of hydrogen-bond acceptors (Lipinski definition) is 2. The number of carbonyl (C=O) groups is 2. The lowest BCUT2D eigenvalue weighted by atomic mass is 10.0. The summed E-state index contributed by atoms with van der Waals surface area (Å²) in [6.07, 6.45) is 7.98. The van der Waals surface area contributed by atoms with E-state index in [-0.39, 0.29) is 11.8 Å². The maximum atomic E-state index is 12.6. The molecule has 0 atom stereocenters. The lowest BCUT2D eigenvalue weighted by Crippen LogP contribution is -2.51. The zero-order valence-corrected chi connectivity index (χ0v) is 15.6. The van der Waals surface area contributed by atoms with E-state index in [0.29, 0.717) is 32.1 Å². The van der Waals surface area contributed by atoms with Crippen molar-refractivity contribution in [1.29, 1.82) is 0 Å². The standard InChI is InChI=1S/C23H26N2O2/c26-22(13-12-19-10-5-9-18-6-3-4-11-21(18)19)24-14-16-25(17-15-24)23(27)20-7-1-2-8-20/h3-6,9-13,20H,1-2,7-8,14-17H2/b13-12+. The van der Waals surface area contributed by atoms with Crippen LogP contribution in [0.25, 0.3) is 16.8 Å². The van der Waals surface area contributed by atoms with Crippen molar-refractivity contribution in [3.8, 4) is 0 Å². The molecule has 140 valence electrons. The summed E-state index contributed by atoms with van der Waals surface area (Å²) in [6.45, 7) is 2.56. The van der Waals surface area contributed by atoms with E-state index in [2.05, 4.69) is 18.2 Å². The Hall–Kier alpha value is -2.62. The molecule has 4 rings (SSSR count). The highest BCUT2D eigenvalue weighted by Gasteiger charge is 2.30. The molecule has 4 heteroatoms. The summed E-state index contributed by atoms with van der Waals surface area (Å²) in [5.74, 6) is 0.542. The third-order valence-electron chi connectivity index (χ3n) is 5.84. The summed E-state index contributed by atoms with van der Waals surface area (Å²) < 4.78 is 0. The van der Waals surface area contributed by atoms with Gasteiger partial charge in [0.2, 0.25) is 11.8 Å². The Morgan fingerprint density at radius 2 is 1.52 bits per heavy atom. The molecule has 1 saturated carbocycles. The van der Waals surface area contributed by atoms with Crippen molar-refractivity contribution < 1.29 is 9.59 Å². The minimum Gasteiger partial charge on any atom is -0.339 e. The Morgan fingerprint density at radius 3 is 2.30 bits per heavy atom. The average Bonchev–Trinajstić information content (AvgIpc) is 3.26. The van der Waals surface area contributed by atoms with Crippen LogP contribution in [0.4, 0.5) is 0 Å². The lowest BCUT2D eigenvalue weighted by molar-refractivity contribution is -0.140. The van der Waals surface area contributed by atoms with E-state index in [1.165, 1.54) is 18.2 Å². The van der Waals surface area contributed by atoms with Gasteiger partial charge in [0.05, 0.1) is 0 Å². The molecular formula is C23H26N2O2. The molecule has 2 aromatic rings. The van der Waals surface area contributed by atoms with Gasteiger partial charge in [-0.25, -0.2) is 0 Å². The zero-order chi connectivity index (χ0) is 18.6. The first kappa shape index (κ1) is 17.8. The van der Waals surface area contributed by atoms with Gasteiger partial charge in [-0.2, -0.15) is 0 Å². The molecule has 0 bridgehead atoms. The summed E-state index contributed by atoms with van der Waals surface area (Å²) in [6, 6.07) is 14.3. The van der Waals surface area contributed by atoms with Crippen molar-refractivity contribution in [2.75, 3.05) is 26.2 Å². The molecule has 1 aliphatic heterocycles. The fourth-order valence-electron chi connectivity index (χ4n) is 4.24. The quantitative estimate of drug-likeness (QED) is 0.781. The first-order valence-electron chi connectivity index (χ1n) is 9.96. The van der Waals surface area contributed by atoms with Gasteiger partial charge in [-0.3, -0.25) is 9.59 Å². The zero-order valence-electron chi connectivity index (χ0n) is 15.6. The van der Waals surface area contributed by atoms with Crippen LogP contribution < -0.4 is 0 Å². The van der Waals surface area contributed by atoms with Crippen molar-refractivity contribution in [2.45, 2.75) is 25.7 Å². The van der Waals surface area contributed by atoms with Gasteiger partial charge < -0.3 is 9.80 Å². The fraction of sp³-hybridized carbons (Fsp3) is 0.391. The van der Waals surface area contributed by atoms with Crippen LogP contribution in [0.2, 0.25) is 0 Å². The van der Waals surface area contributed by atoms with Crippen molar-refractivity contribution >= 4 is 28.7 Å². The Labute approximate surface area is 160 Å². The molecule has 0 N–H and O–H groups in total. The largest absolute Gasteiger partial charge is 0.339 e. The number of fused-ring (bicyclic) bond motifs is 1. The number of piperazine rings is 1. The van der Waals surface area contributed by atoms with Crippen LogP contribution in [-0.4, -0.2) is 47.8 Å². The van der Waals surface area contributed by atoms with Crippen LogP contribution in [-0.2, 0) is 9.59 Å². The summed E-state index contributed by atoms with van der Waals surface area (Å²) in [5, 5.41) is 2.32. The van der Waals surface area contributed by atoms with Gasteiger partial charge in [0.15, 0.2) is 0 Å². The number of hydrogen-bond donors (Lipinski definition) is 0. The maximum Gasteiger partial charge on any atom is 0.246 e. The van der Waals surface area contributed by atoms with Crippen molar-refractivity contribution in [3.63, 3.8) is 0 Å². The molecule has 2 aliphatic rings. The summed E-state index contributed by atoms with van der Waals surface area (Å²) in [4.78, 5) is 28.9. The highest BCUT2D eigenvalue weighted by Crippen LogP contribution is 2.27. The van der Waals surface area contributed by atoms with Crippen molar-refractivity contribution in [3.05, 3.63) is 54.1 Å². The average molecular weight is 362 g/mol. The molecule has 0 aromatic heterocycles. The number of rotatable bonds is 3. The SMILES string of the molecule is O=C(/C=C/c1cccc2ccccc12)N1CCN(C(=O)C2CCCC2)CC1. The van der Waals surface area contributed by atoms with E-state index >= 15 is 0 Å². The van der Waals surface area contributed by atoms with Gasteiger partial charge in [0, 0.05) is 38.2 Å². The molecule has 0 unspecified atom stereocenters. The van der Waals surface area contributed by atoms with Crippen LogP contribution >= 0.6 is 0 Å². The number of carbonyl (C=O) groups excluding carboxylic acids is 2. The van der Waals surface area contributed by atoms with Crippen LogP contribution in [0.5, 0.6) is 0 Å². The second kappa shape index (κ2) is 7.95. The Morgan fingerprint density at radius 1 is 0.852 bits per heavy atom. The van der Waals surface area contributed by atoms with Gasteiger partial charge in [-0.1, -0.05) is 55.3 Å². The highest BCUT2D eigenvalue weighted by molar-refractivity contribution is 5.96. The van der Waals surface area contributed by atoms with Crippen LogP contribution in [0.1, 0.15) is 31.2 Å². The highest BCUT2D eigenvalue weighted by atomic mass is 16.2. The molecule has 4 nitrogen and oxygen atoms in total. The summed E-state index contributed by atoms with van der Waals surface area (Å²) >= 11 is 0. The van der Waals surface area contributed by atoms with E-state index in [1.54, 1.807) is 6.08 Å². The first-order chi connectivity index (χ1) is 13.2. The Bertz CT molecular complexity index is 854. The van der Waals surface area contributed by atoms with Gasteiger partial charge in [0.25, 0.3) is 0 Å². The predicted octanol–water partition coefficient (Wildman–Crippen LogP) is 3.71. The number of benzene rings is 2. The van der Waals surface area contributed by atoms with Gasteiger partial charge in [0.1, 0.15) is 0 Å². The third-order valence-corrected chi connectivity index (χ3v) is 5.84. The topological polar surface area (TPSA) is 40.6 Å². The second-order valence-electron chi connectivity index (χ2n) is 7.53. The molecule has 2 aromatic carbocycles. The number of amides is 2. The normalized spacial score (nSPS) is 18.5. The summed E-state index contributed by atoms with van der Waals surface area (Å²) in [5.41, 5.74) is 1.05. The summed E-state index contributed by atoms with van der Waals surface area (Å²) in [7, 11) is 0. The van der Waals surface area contributed by atoms with Crippen LogP contribution in [0.3, 0.4) is 0 Å². The second-order valence-corrected chi connectivity index (χ2v) is 7.53. The molecule has 2 amide bonds. The van der Waals surface area contributed by atoms with Crippen LogP contribution in [0, 0.1) is 5.92 Å². The van der Waals surface area contributed by atoms with Gasteiger partial charge >= 0.3 is 0 Å². The lowest BCUT2D eigenvalue weighted by Gasteiger charge is -2.35. The molecule has 1 heterocycles. The van der Waals surface area contributed by atoms with E-state index in [0.717, 1.165) is 23.8 Å². The predicted molar refractivity (Wildman–Crippen MR) is 108 cm³/mol. The molecule has 0 radical (unpaired) electrons. The molecular weight excluding hydrogens is 336 g/mol. The molecule has 1 aliphatic carbocycles. The van der Waals surface area contributed by atoms with E-state index in [1.807, 2.05) is 40.1 Å². The Balaban J connectivity index is 1.36. The minimum absolute atomic E-state index is 0.0240. The van der Waals surface area contributed by atoms with E-state index < -0.39 is 0 Å². The van der Waals surface area contributed by atoms with Crippen molar-refractivity contribution in [2.24, 2.45) is 5.92 Å². The number of nitrogens with zero attached hydrogens (tertiary/aromatic N) is 2. The molecule has 1 saturated heterocycles. The third kappa shape index (κ3) is 3.90. The maximum absolute atomic E-state index is 12.6. The van der Waals surface area contributed by atoms with Crippen LogP contribution in [0.15, 0.2) is 48.5 Å². The monoisotopic (exact) mass is 362 g/mol. The van der Waals surface area contributed by atoms with Gasteiger partial charge in [-0.05, 0) is 35.3 Å². The molecule has 27 heavy (non-hydrogen) atoms. The van der Waals surface area contributed by atoms with Gasteiger partial charge in [-0.15, -0.1) is 0 Å².